The van der Waals surface area contributed by atoms with Gasteiger partial charge >= 0.3 is 5.97 Å². The molecule has 1 aromatic heterocycles. The first-order valence-electron chi connectivity index (χ1n) is 11.0. The van der Waals surface area contributed by atoms with E-state index in [1.54, 1.807) is 0 Å². The zero-order valence-electron chi connectivity index (χ0n) is 18.0. The molecule has 0 spiro atoms. The van der Waals surface area contributed by atoms with Gasteiger partial charge in [0.1, 0.15) is 0 Å². The molecule has 0 bridgehead atoms. The van der Waals surface area contributed by atoms with Crippen LogP contribution in [0.25, 0.3) is 11.4 Å². The zero-order chi connectivity index (χ0) is 21.6. The van der Waals surface area contributed by atoms with Crippen LogP contribution < -0.4 is 0 Å². The number of hydrogen-bond donors (Lipinski definition) is 1. The summed E-state index contributed by atoms with van der Waals surface area (Å²) in [6.45, 7) is 4.48. The predicted octanol–water partition coefficient (Wildman–Crippen LogP) is 4.40. The summed E-state index contributed by atoms with van der Waals surface area (Å²) in [6.07, 6.45) is 5.08. The number of aromatic nitrogens is 2. The van der Waals surface area contributed by atoms with Crippen molar-refractivity contribution in [2.24, 2.45) is 5.92 Å². The molecule has 1 aliphatic rings. The molecule has 5 heteroatoms. The standard InChI is InChI=1S/C26H29N3O2/c1-19(15-25(30)31)17-29-14-13-24-23(18-29)16-27-26(28-24)22-11-9-21(10-12-22)8-7-20-5-3-2-4-6-20/h2-6,9-12,16,19H,7-8,13-15,17-18H2,1H3,(H,30,31). The SMILES string of the molecule is CC(CC(=O)O)CN1CCc2nc(-c3ccc(CCc4ccccc4)cc3)ncc2C1. The van der Waals surface area contributed by atoms with Crippen molar-refractivity contribution in [3.8, 4) is 11.4 Å². The molecule has 1 aliphatic heterocycles. The van der Waals surface area contributed by atoms with Gasteiger partial charge in [-0.3, -0.25) is 9.69 Å². The number of aliphatic carboxylic acids is 1. The number of benzene rings is 2. The summed E-state index contributed by atoms with van der Waals surface area (Å²) in [5, 5.41) is 8.97. The molecule has 160 valence electrons. The van der Waals surface area contributed by atoms with Crippen LogP contribution in [0.3, 0.4) is 0 Å². The lowest BCUT2D eigenvalue weighted by atomic mass is 10.0. The second-order valence-electron chi connectivity index (χ2n) is 8.54. The minimum atomic E-state index is -0.732. The van der Waals surface area contributed by atoms with E-state index in [0.29, 0.717) is 0 Å². The molecule has 2 aromatic carbocycles. The molecular weight excluding hydrogens is 386 g/mol. The van der Waals surface area contributed by atoms with Crippen molar-refractivity contribution in [1.82, 2.24) is 14.9 Å². The number of aryl methyl sites for hydroxylation is 2. The van der Waals surface area contributed by atoms with Crippen LogP contribution in [0, 0.1) is 5.92 Å². The number of rotatable bonds is 8. The first kappa shape index (κ1) is 21.2. The van der Waals surface area contributed by atoms with E-state index in [1.165, 1.54) is 11.1 Å². The fourth-order valence-electron chi connectivity index (χ4n) is 4.23. The van der Waals surface area contributed by atoms with Gasteiger partial charge in [-0.15, -0.1) is 0 Å². The van der Waals surface area contributed by atoms with E-state index in [-0.39, 0.29) is 12.3 Å². The van der Waals surface area contributed by atoms with E-state index < -0.39 is 5.97 Å². The number of carboxylic acid groups (broad SMARTS) is 1. The Morgan fingerprint density at radius 2 is 1.77 bits per heavy atom. The first-order chi connectivity index (χ1) is 15.1. The van der Waals surface area contributed by atoms with Crippen molar-refractivity contribution < 1.29 is 9.90 Å². The fourth-order valence-corrected chi connectivity index (χ4v) is 4.23. The second kappa shape index (κ2) is 9.84. The molecule has 0 aliphatic carbocycles. The third kappa shape index (κ3) is 5.76. The van der Waals surface area contributed by atoms with Crippen molar-refractivity contribution in [2.75, 3.05) is 13.1 Å². The monoisotopic (exact) mass is 415 g/mol. The average molecular weight is 416 g/mol. The van der Waals surface area contributed by atoms with Crippen molar-refractivity contribution in [3.05, 3.63) is 83.2 Å². The van der Waals surface area contributed by atoms with Crippen LogP contribution in [0.2, 0.25) is 0 Å². The molecule has 1 unspecified atom stereocenters. The van der Waals surface area contributed by atoms with Crippen molar-refractivity contribution in [1.29, 1.82) is 0 Å². The van der Waals surface area contributed by atoms with Crippen LogP contribution in [0.1, 0.15) is 35.7 Å². The van der Waals surface area contributed by atoms with Gasteiger partial charge in [-0.2, -0.15) is 0 Å². The summed E-state index contributed by atoms with van der Waals surface area (Å²) >= 11 is 0. The van der Waals surface area contributed by atoms with Gasteiger partial charge in [0.25, 0.3) is 0 Å². The number of hydrogen-bond acceptors (Lipinski definition) is 4. The Labute approximate surface area is 183 Å². The summed E-state index contributed by atoms with van der Waals surface area (Å²) in [5.41, 5.74) is 5.98. The Kier molecular flexibility index (Phi) is 6.73. The normalized spacial score (nSPS) is 14.7. The topological polar surface area (TPSA) is 66.3 Å². The summed E-state index contributed by atoms with van der Waals surface area (Å²) in [5.74, 6) is 0.185. The van der Waals surface area contributed by atoms with Crippen LogP contribution >= 0.6 is 0 Å². The molecule has 4 rings (SSSR count). The predicted molar refractivity (Wildman–Crippen MR) is 122 cm³/mol. The highest BCUT2D eigenvalue weighted by molar-refractivity contribution is 5.67. The second-order valence-corrected chi connectivity index (χ2v) is 8.54. The maximum atomic E-state index is 10.9. The highest BCUT2D eigenvalue weighted by atomic mass is 16.4. The molecule has 31 heavy (non-hydrogen) atoms. The quantitative estimate of drug-likeness (QED) is 0.591. The van der Waals surface area contributed by atoms with Crippen LogP contribution in [0.4, 0.5) is 0 Å². The van der Waals surface area contributed by atoms with E-state index >= 15 is 0 Å². The minimum absolute atomic E-state index is 0.139. The largest absolute Gasteiger partial charge is 0.481 e. The van der Waals surface area contributed by atoms with Crippen LogP contribution in [0.5, 0.6) is 0 Å². The molecule has 0 saturated carbocycles. The smallest absolute Gasteiger partial charge is 0.303 e. The summed E-state index contributed by atoms with van der Waals surface area (Å²) in [6, 6.07) is 19.1. The molecule has 5 nitrogen and oxygen atoms in total. The highest BCUT2D eigenvalue weighted by Crippen LogP contribution is 2.22. The van der Waals surface area contributed by atoms with Crippen LogP contribution in [0.15, 0.2) is 60.8 Å². The summed E-state index contributed by atoms with van der Waals surface area (Å²) in [4.78, 5) is 22.7. The maximum Gasteiger partial charge on any atom is 0.303 e. The van der Waals surface area contributed by atoms with Gasteiger partial charge < -0.3 is 5.11 Å². The fraction of sp³-hybridized carbons (Fsp3) is 0.346. The maximum absolute atomic E-state index is 10.9. The Hall–Kier alpha value is -3.05. The Balaban J connectivity index is 1.37. The number of carboxylic acids is 1. The highest BCUT2D eigenvalue weighted by Gasteiger charge is 2.21. The van der Waals surface area contributed by atoms with Gasteiger partial charge in [0.05, 0.1) is 5.69 Å². The van der Waals surface area contributed by atoms with Crippen LogP contribution in [-0.4, -0.2) is 39.0 Å². The lowest BCUT2D eigenvalue weighted by Crippen LogP contribution is -2.35. The number of fused-ring (bicyclic) bond motifs is 1. The third-order valence-corrected chi connectivity index (χ3v) is 5.86. The molecule has 2 heterocycles. The molecular formula is C26H29N3O2. The van der Waals surface area contributed by atoms with Crippen LogP contribution in [-0.2, 0) is 30.6 Å². The third-order valence-electron chi connectivity index (χ3n) is 5.86. The van der Waals surface area contributed by atoms with E-state index in [0.717, 1.165) is 61.5 Å². The summed E-state index contributed by atoms with van der Waals surface area (Å²) < 4.78 is 0. The lowest BCUT2D eigenvalue weighted by Gasteiger charge is -2.29. The van der Waals surface area contributed by atoms with Gasteiger partial charge in [0, 0.05) is 49.8 Å². The van der Waals surface area contributed by atoms with E-state index in [9.17, 15) is 4.79 Å². The lowest BCUT2D eigenvalue weighted by molar-refractivity contribution is -0.138. The molecule has 1 atom stereocenters. The Morgan fingerprint density at radius 3 is 2.48 bits per heavy atom. The zero-order valence-corrected chi connectivity index (χ0v) is 18.0. The summed E-state index contributed by atoms with van der Waals surface area (Å²) in [7, 11) is 0. The molecule has 0 fully saturated rings. The minimum Gasteiger partial charge on any atom is -0.481 e. The van der Waals surface area contributed by atoms with E-state index in [2.05, 4.69) is 58.4 Å². The molecule has 1 N–H and O–H groups in total. The Morgan fingerprint density at radius 1 is 1.06 bits per heavy atom. The van der Waals surface area contributed by atoms with Gasteiger partial charge in [-0.25, -0.2) is 9.97 Å². The van der Waals surface area contributed by atoms with Crippen molar-refractivity contribution >= 4 is 5.97 Å². The van der Waals surface area contributed by atoms with Gasteiger partial charge in [0.2, 0.25) is 0 Å². The number of nitrogens with zero attached hydrogens (tertiary/aromatic N) is 3. The molecule has 3 aromatic rings. The van der Waals surface area contributed by atoms with Crippen molar-refractivity contribution in [2.45, 2.75) is 39.2 Å². The molecule has 0 saturated heterocycles. The average Bonchev–Trinajstić information content (AvgIpc) is 2.78. The van der Waals surface area contributed by atoms with E-state index in [1.807, 2.05) is 19.2 Å². The Bertz CT molecular complexity index is 1020. The molecule has 0 radical (unpaired) electrons. The first-order valence-corrected chi connectivity index (χ1v) is 11.0. The van der Waals surface area contributed by atoms with E-state index in [4.69, 9.17) is 10.1 Å². The van der Waals surface area contributed by atoms with Gasteiger partial charge in [0.15, 0.2) is 5.82 Å². The van der Waals surface area contributed by atoms with Gasteiger partial charge in [-0.05, 0) is 29.9 Å². The van der Waals surface area contributed by atoms with Crippen molar-refractivity contribution in [3.63, 3.8) is 0 Å². The van der Waals surface area contributed by atoms with Gasteiger partial charge in [-0.1, -0.05) is 61.5 Å². The molecule has 0 amide bonds. The number of carbonyl (C=O) groups is 1.